The molecule has 0 atom stereocenters. The van der Waals surface area contributed by atoms with Gasteiger partial charge in [-0.2, -0.15) is 0 Å². The van der Waals surface area contributed by atoms with E-state index in [0.717, 1.165) is 18.6 Å². The number of benzene rings is 1. The summed E-state index contributed by atoms with van der Waals surface area (Å²) in [5.41, 5.74) is -0.461. The number of carbonyl (C=O) groups is 2. The summed E-state index contributed by atoms with van der Waals surface area (Å²) in [4.78, 5) is 24.0. The van der Waals surface area contributed by atoms with E-state index >= 15 is 0 Å². The molecule has 0 unspecified atom stereocenters. The second-order valence-corrected chi connectivity index (χ2v) is 6.83. The van der Waals surface area contributed by atoms with Crippen LogP contribution in [-0.4, -0.2) is 56.1 Å². The molecule has 0 saturated carbocycles. The van der Waals surface area contributed by atoms with Crippen molar-refractivity contribution >= 4 is 11.9 Å². The zero-order valence-electron chi connectivity index (χ0n) is 14.7. The molecule has 1 amide bonds. The lowest BCUT2D eigenvalue weighted by Gasteiger charge is -2.33. The highest BCUT2D eigenvalue weighted by Gasteiger charge is 2.40. The minimum absolute atomic E-state index is 0.102. The van der Waals surface area contributed by atoms with Crippen LogP contribution in [0.4, 0.5) is 0 Å². The van der Waals surface area contributed by atoms with E-state index in [4.69, 9.17) is 14.2 Å². The zero-order chi connectivity index (χ0) is 18.4. The Bertz CT molecular complexity index is 617. The molecule has 1 aromatic carbocycles. The number of ether oxygens (including phenoxy) is 3. The molecule has 0 aliphatic carbocycles. The summed E-state index contributed by atoms with van der Waals surface area (Å²) >= 11 is 0. The van der Waals surface area contributed by atoms with Crippen LogP contribution in [-0.2, 0) is 14.3 Å². The molecule has 7 nitrogen and oxygen atoms in total. The maximum atomic E-state index is 12.4. The third-order valence-electron chi connectivity index (χ3n) is 5.08. The zero-order valence-corrected chi connectivity index (χ0v) is 14.7. The third-order valence-corrected chi connectivity index (χ3v) is 5.08. The van der Waals surface area contributed by atoms with E-state index in [2.05, 4.69) is 5.32 Å². The van der Waals surface area contributed by atoms with Crippen molar-refractivity contribution in [2.45, 2.75) is 31.8 Å². The molecule has 2 saturated heterocycles. The molecule has 142 valence electrons. The first-order valence-electron chi connectivity index (χ1n) is 9.03. The molecule has 2 N–H and O–H groups in total. The molecule has 2 aliphatic rings. The Balaban J connectivity index is 1.55. The Morgan fingerprint density at radius 1 is 1.08 bits per heavy atom. The van der Waals surface area contributed by atoms with Gasteiger partial charge in [-0.15, -0.1) is 0 Å². The van der Waals surface area contributed by atoms with E-state index in [-0.39, 0.29) is 18.6 Å². The van der Waals surface area contributed by atoms with Crippen molar-refractivity contribution in [3.8, 4) is 5.75 Å². The largest absolute Gasteiger partial charge is 0.490 e. The van der Waals surface area contributed by atoms with Gasteiger partial charge in [-0.1, -0.05) is 0 Å². The van der Waals surface area contributed by atoms with E-state index in [9.17, 15) is 14.7 Å². The molecule has 2 aliphatic heterocycles. The van der Waals surface area contributed by atoms with Crippen LogP contribution in [0.5, 0.6) is 5.75 Å². The number of carboxylic acids is 1. The molecule has 0 bridgehead atoms. The van der Waals surface area contributed by atoms with Gasteiger partial charge in [-0.25, -0.2) is 0 Å². The SMILES string of the molecule is O=C(NCC1(C(=O)O)CCOCC1)c1ccc(OC2CCOCC2)cc1. The Kier molecular flexibility index (Phi) is 6.11. The molecule has 0 radical (unpaired) electrons. The molecule has 0 spiro atoms. The highest BCUT2D eigenvalue weighted by Crippen LogP contribution is 2.30. The second kappa shape index (κ2) is 8.51. The fourth-order valence-corrected chi connectivity index (χ4v) is 3.25. The molecule has 26 heavy (non-hydrogen) atoms. The minimum atomic E-state index is -0.944. The smallest absolute Gasteiger partial charge is 0.311 e. The van der Waals surface area contributed by atoms with Gasteiger partial charge in [-0.3, -0.25) is 9.59 Å². The standard InChI is InChI=1S/C19H25NO6/c21-17(20-13-19(18(22)23)7-11-25-12-8-19)14-1-3-15(4-2-14)26-16-5-9-24-10-6-16/h1-4,16H,5-13H2,(H,20,21)(H,22,23). The summed E-state index contributed by atoms with van der Waals surface area (Å²) in [6, 6.07) is 6.93. The number of aliphatic carboxylic acids is 1. The fourth-order valence-electron chi connectivity index (χ4n) is 3.25. The monoisotopic (exact) mass is 363 g/mol. The second-order valence-electron chi connectivity index (χ2n) is 6.83. The highest BCUT2D eigenvalue weighted by atomic mass is 16.5. The molecular formula is C19H25NO6. The number of rotatable bonds is 6. The maximum Gasteiger partial charge on any atom is 0.311 e. The molecule has 2 fully saturated rings. The first kappa shape index (κ1) is 18.7. The Morgan fingerprint density at radius 2 is 1.69 bits per heavy atom. The van der Waals surface area contributed by atoms with Crippen molar-refractivity contribution in [3.63, 3.8) is 0 Å². The van der Waals surface area contributed by atoms with E-state index in [1.165, 1.54) is 0 Å². The van der Waals surface area contributed by atoms with Crippen LogP contribution in [0, 0.1) is 5.41 Å². The van der Waals surface area contributed by atoms with Crippen LogP contribution in [0.25, 0.3) is 0 Å². The third kappa shape index (κ3) is 4.53. The number of hydrogen-bond acceptors (Lipinski definition) is 5. The number of nitrogens with one attached hydrogen (secondary N) is 1. The van der Waals surface area contributed by atoms with Gasteiger partial charge in [0.15, 0.2) is 0 Å². The first-order chi connectivity index (χ1) is 12.6. The van der Waals surface area contributed by atoms with Crippen LogP contribution < -0.4 is 10.1 Å². The summed E-state index contributed by atoms with van der Waals surface area (Å²) in [5, 5.41) is 12.3. The summed E-state index contributed by atoms with van der Waals surface area (Å²) in [5.74, 6) is -0.448. The van der Waals surface area contributed by atoms with E-state index in [1.807, 2.05) is 0 Å². The topological polar surface area (TPSA) is 94.1 Å². The van der Waals surface area contributed by atoms with Gasteiger partial charge in [-0.05, 0) is 37.1 Å². The van der Waals surface area contributed by atoms with Crippen LogP contribution in [0.15, 0.2) is 24.3 Å². The van der Waals surface area contributed by atoms with Crippen molar-refractivity contribution in [2.75, 3.05) is 33.0 Å². The quantitative estimate of drug-likeness (QED) is 0.801. The highest BCUT2D eigenvalue weighted by molar-refractivity contribution is 5.94. The van der Waals surface area contributed by atoms with Gasteiger partial charge in [0.05, 0.1) is 18.6 Å². The van der Waals surface area contributed by atoms with Crippen molar-refractivity contribution in [3.05, 3.63) is 29.8 Å². The maximum absolute atomic E-state index is 12.4. The Labute approximate surface area is 152 Å². The van der Waals surface area contributed by atoms with Gasteiger partial charge in [0.1, 0.15) is 11.9 Å². The fraction of sp³-hybridized carbons (Fsp3) is 0.579. The molecule has 1 aromatic rings. The molecule has 0 aromatic heterocycles. The number of carboxylic acid groups (broad SMARTS) is 1. The van der Waals surface area contributed by atoms with Gasteiger partial charge in [0, 0.05) is 38.2 Å². The summed E-state index contributed by atoms with van der Waals surface area (Å²) < 4.78 is 16.4. The summed E-state index contributed by atoms with van der Waals surface area (Å²) in [6.45, 7) is 2.33. The predicted molar refractivity (Wildman–Crippen MR) is 93.4 cm³/mol. The van der Waals surface area contributed by atoms with Gasteiger partial charge >= 0.3 is 5.97 Å². The molecule has 7 heteroatoms. The average Bonchev–Trinajstić information content (AvgIpc) is 2.68. The lowest BCUT2D eigenvalue weighted by atomic mass is 9.80. The predicted octanol–water partition coefficient (Wildman–Crippen LogP) is 1.86. The molecule has 2 heterocycles. The first-order valence-corrected chi connectivity index (χ1v) is 9.03. The summed E-state index contributed by atoms with van der Waals surface area (Å²) in [6.07, 6.45) is 2.68. The van der Waals surface area contributed by atoms with Crippen LogP contribution >= 0.6 is 0 Å². The van der Waals surface area contributed by atoms with Crippen molar-refractivity contribution in [1.29, 1.82) is 0 Å². The normalized spacial score (nSPS) is 20.3. The lowest BCUT2D eigenvalue weighted by molar-refractivity contribution is -0.154. The average molecular weight is 363 g/mol. The molecular weight excluding hydrogens is 338 g/mol. The van der Waals surface area contributed by atoms with Gasteiger partial charge < -0.3 is 24.6 Å². The number of hydrogen-bond donors (Lipinski definition) is 2. The van der Waals surface area contributed by atoms with Gasteiger partial charge in [0.2, 0.25) is 0 Å². The Morgan fingerprint density at radius 3 is 2.31 bits per heavy atom. The van der Waals surface area contributed by atoms with E-state index in [1.54, 1.807) is 24.3 Å². The summed E-state index contributed by atoms with van der Waals surface area (Å²) in [7, 11) is 0. The van der Waals surface area contributed by atoms with Crippen LogP contribution in [0.3, 0.4) is 0 Å². The minimum Gasteiger partial charge on any atom is -0.490 e. The number of amides is 1. The van der Waals surface area contributed by atoms with Crippen molar-refractivity contribution in [2.24, 2.45) is 5.41 Å². The number of carbonyl (C=O) groups excluding carboxylic acids is 1. The van der Waals surface area contributed by atoms with Crippen molar-refractivity contribution in [1.82, 2.24) is 5.32 Å². The van der Waals surface area contributed by atoms with Crippen LogP contribution in [0.1, 0.15) is 36.0 Å². The van der Waals surface area contributed by atoms with Crippen LogP contribution in [0.2, 0.25) is 0 Å². The Hall–Kier alpha value is -2.12. The van der Waals surface area contributed by atoms with Gasteiger partial charge in [0.25, 0.3) is 5.91 Å². The van der Waals surface area contributed by atoms with Crippen molar-refractivity contribution < 1.29 is 28.9 Å². The lowest BCUT2D eigenvalue weighted by Crippen LogP contribution is -2.46. The van der Waals surface area contributed by atoms with E-state index < -0.39 is 11.4 Å². The molecule has 3 rings (SSSR count). The van der Waals surface area contributed by atoms with E-state index in [0.29, 0.717) is 44.8 Å².